The molecule has 106 valence electrons. The minimum absolute atomic E-state index is 0.235. The zero-order chi connectivity index (χ0) is 15.0. The van der Waals surface area contributed by atoms with E-state index < -0.39 is 12.0 Å². The van der Waals surface area contributed by atoms with Crippen LogP contribution in [-0.2, 0) is 11.3 Å². The molecule has 2 aromatic carbocycles. The molecular weight excluding hydrogens is 334 g/mol. The van der Waals surface area contributed by atoms with Crippen molar-refractivity contribution in [3.8, 4) is 0 Å². The number of carbonyl (C=O) groups is 2. The Hall–Kier alpha value is -2.14. The Morgan fingerprint density at radius 3 is 2.48 bits per heavy atom. The highest BCUT2D eigenvalue weighted by Crippen LogP contribution is 2.34. The van der Waals surface area contributed by atoms with Crippen LogP contribution < -0.4 is 0 Å². The summed E-state index contributed by atoms with van der Waals surface area (Å²) >= 11 is 3.35. The predicted octanol–water partition coefficient (Wildman–Crippen LogP) is 3.23. The van der Waals surface area contributed by atoms with Crippen LogP contribution in [0.2, 0.25) is 0 Å². The first kappa shape index (κ1) is 13.8. The molecule has 1 aliphatic rings. The third kappa shape index (κ3) is 2.45. The molecule has 0 aliphatic carbocycles. The van der Waals surface area contributed by atoms with Gasteiger partial charge in [0.1, 0.15) is 0 Å². The Labute approximate surface area is 130 Å². The molecule has 0 saturated heterocycles. The molecule has 0 saturated carbocycles. The summed E-state index contributed by atoms with van der Waals surface area (Å²) in [6.07, 6.45) is 0. The molecular formula is C16H12BrNO3. The van der Waals surface area contributed by atoms with Gasteiger partial charge in [-0.1, -0.05) is 46.3 Å². The maximum absolute atomic E-state index is 12.4. The van der Waals surface area contributed by atoms with Crippen molar-refractivity contribution in [2.75, 3.05) is 0 Å². The van der Waals surface area contributed by atoms with Crippen LogP contribution in [0.5, 0.6) is 0 Å². The minimum atomic E-state index is -1.01. The number of benzene rings is 2. The van der Waals surface area contributed by atoms with E-state index in [1.54, 1.807) is 24.3 Å². The summed E-state index contributed by atoms with van der Waals surface area (Å²) < 4.78 is 0.942. The molecule has 21 heavy (non-hydrogen) atoms. The average Bonchev–Trinajstić information content (AvgIpc) is 2.75. The quantitative estimate of drug-likeness (QED) is 0.928. The van der Waals surface area contributed by atoms with Crippen LogP contribution in [0, 0.1) is 0 Å². The fraction of sp³-hybridized carbons (Fsp3) is 0.125. The molecule has 1 N–H and O–H groups in total. The van der Waals surface area contributed by atoms with Gasteiger partial charge in [0.15, 0.2) is 6.04 Å². The van der Waals surface area contributed by atoms with Crippen molar-refractivity contribution in [3.63, 3.8) is 0 Å². The third-order valence-electron chi connectivity index (χ3n) is 3.56. The van der Waals surface area contributed by atoms with Crippen LogP contribution in [0.25, 0.3) is 0 Å². The van der Waals surface area contributed by atoms with E-state index in [1.165, 1.54) is 4.90 Å². The van der Waals surface area contributed by atoms with Gasteiger partial charge in [-0.3, -0.25) is 4.79 Å². The van der Waals surface area contributed by atoms with Crippen molar-refractivity contribution in [1.29, 1.82) is 0 Å². The first-order valence-electron chi connectivity index (χ1n) is 6.45. The van der Waals surface area contributed by atoms with Crippen LogP contribution >= 0.6 is 15.9 Å². The molecule has 0 fully saturated rings. The van der Waals surface area contributed by atoms with E-state index in [-0.39, 0.29) is 12.5 Å². The van der Waals surface area contributed by atoms with Crippen LogP contribution in [0.4, 0.5) is 0 Å². The van der Waals surface area contributed by atoms with E-state index in [0.29, 0.717) is 11.1 Å². The monoisotopic (exact) mass is 345 g/mol. The van der Waals surface area contributed by atoms with Crippen molar-refractivity contribution >= 4 is 27.8 Å². The van der Waals surface area contributed by atoms with Crippen molar-refractivity contribution in [1.82, 2.24) is 4.90 Å². The summed E-state index contributed by atoms with van der Waals surface area (Å²) in [4.78, 5) is 25.4. The zero-order valence-electron chi connectivity index (χ0n) is 11.0. The van der Waals surface area contributed by atoms with Crippen molar-refractivity contribution in [2.24, 2.45) is 0 Å². The Balaban J connectivity index is 1.96. The van der Waals surface area contributed by atoms with Gasteiger partial charge in [0.25, 0.3) is 5.91 Å². The van der Waals surface area contributed by atoms with E-state index in [0.717, 1.165) is 10.0 Å². The van der Waals surface area contributed by atoms with Gasteiger partial charge in [0, 0.05) is 16.6 Å². The van der Waals surface area contributed by atoms with Crippen LogP contribution in [0.3, 0.4) is 0 Å². The lowest BCUT2D eigenvalue weighted by molar-refractivity contribution is -0.142. The normalized spacial score (nSPS) is 16.9. The van der Waals surface area contributed by atoms with Gasteiger partial charge < -0.3 is 10.0 Å². The second-order valence-corrected chi connectivity index (χ2v) is 5.80. The van der Waals surface area contributed by atoms with E-state index in [9.17, 15) is 14.7 Å². The molecule has 1 atom stereocenters. The topological polar surface area (TPSA) is 57.6 Å². The van der Waals surface area contributed by atoms with E-state index in [4.69, 9.17) is 0 Å². The molecule has 0 radical (unpaired) electrons. The summed E-state index contributed by atoms with van der Waals surface area (Å²) in [5.74, 6) is -1.24. The SMILES string of the molecule is O=C(O)C1c2ccccc2C(=O)N1Cc1ccc(Br)cc1. The standard InChI is InChI=1S/C16H12BrNO3/c17-11-7-5-10(6-8-11)9-18-14(16(20)21)12-3-1-2-4-13(12)15(18)19/h1-8,14H,9H2,(H,20,21). The van der Waals surface area contributed by atoms with E-state index >= 15 is 0 Å². The van der Waals surface area contributed by atoms with E-state index in [1.807, 2.05) is 24.3 Å². The molecule has 1 heterocycles. The Morgan fingerprint density at radius 2 is 1.81 bits per heavy atom. The average molecular weight is 346 g/mol. The molecule has 5 heteroatoms. The highest BCUT2D eigenvalue weighted by molar-refractivity contribution is 9.10. The van der Waals surface area contributed by atoms with Gasteiger partial charge in [-0.2, -0.15) is 0 Å². The number of carboxylic acid groups (broad SMARTS) is 1. The van der Waals surface area contributed by atoms with Gasteiger partial charge in [0.05, 0.1) is 0 Å². The van der Waals surface area contributed by atoms with Gasteiger partial charge in [0.2, 0.25) is 0 Å². The largest absolute Gasteiger partial charge is 0.479 e. The maximum Gasteiger partial charge on any atom is 0.331 e. The van der Waals surface area contributed by atoms with Gasteiger partial charge >= 0.3 is 5.97 Å². The first-order chi connectivity index (χ1) is 10.1. The van der Waals surface area contributed by atoms with Gasteiger partial charge in [-0.05, 0) is 29.3 Å². The number of aliphatic carboxylic acids is 1. The van der Waals surface area contributed by atoms with Gasteiger partial charge in [-0.25, -0.2) is 4.79 Å². The van der Waals surface area contributed by atoms with E-state index in [2.05, 4.69) is 15.9 Å². The van der Waals surface area contributed by atoms with Gasteiger partial charge in [-0.15, -0.1) is 0 Å². The lowest BCUT2D eigenvalue weighted by Gasteiger charge is -2.22. The number of carbonyl (C=O) groups excluding carboxylic acids is 1. The Morgan fingerprint density at radius 1 is 1.14 bits per heavy atom. The fourth-order valence-electron chi connectivity index (χ4n) is 2.59. The molecule has 0 spiro atoms. The first-order valence-corrected chi connectivity index (χ1v) is 7.24. The number of hydrogen-bond donors (Lipinski definition) is 1. The van der Waals surface area contributed by atoms with Crippen LogP contribution in [0.1, 0.15) is 27.5 Å². The maximum atomic E-state index is 12.4. The van der Waals surface area contributed by atoms with Crippen LogP contribution in [-0.4, -0.2) is 21.9 Å². The number of hydrogen-bond acceptors (Lipinski definition) is 2. The number of fused-ring (bicyclic) bond motifs is 1. The zero-order valence-corrected chi connectivity index (χ0v) is 12.6. The second kappa shape index (κ2) is 5.33. The number of nitrogens with zero attached hydrogens (tertiary/aromatic N) is 1. The summed E-state index contributed by atoms with van der Waals surface area (Å²) in [6, 6.07) is 13.5. The molecule has 4 nitrogen and oxygen atoms in total. The lowest BCUT2D eigenvalue weighted by atomic mass is 10.1. The molecule has 1 amide bonds. The second-order valence-electron chi connectivity index (χ2n) is 4.89. The van der Waals surface area contributed by atoms with Crippen molar-refractivity contribution in [2.45, 2.75) is 12.6 Å². The molecule has 1 aliphatic heterocycles. The number of rotatable bonds is 3. The molecule has 0 aromatic heterocycles. The molecule has 1 unspecified atom stereocenters. The number of amides is 1. The summed E-state index contributed by atoms with van der Waals surface area (Å²) in [5.41, 5.74) is 1.93. The smallest absolute Gasteiger partial charge is 0.331 e. The number of carboxylic acids is 1. The summed E-state index contributed by atoms with van der Waals surface area (Å²) in [6.45, 7) is 0.276. The van der Waals surface area contributed by atoms with Crippen molar-refractivity contribution in [3.05, 3.63) is 69.7 Å². The fourth-order valence-corrected chi connectivity index (χ4v) is 2.85. The molecule has 2 aromatic rings. The predicted molar refractivity (Wildman–Crippen MR) is 80.8 cm³/mol. The Bertz CT molecular complexity index is 712. The summed E-state index contributed by atoms with van der Waals surface area (Å²) in [5, 5.41) is 9.47. The highest BCUT2D eigenvalue weighted by atomic mass is 79.9. The number of halogens is 1. The lowest BCUT2D eigenvalue weighted by Crippen LogP contribution is -2.32. The highest BCUT2D eigenvalue weighted by Gasteiger charge is 2.40. The minimum Gasteiger partial charge on any atom is -0.479 e. The summed E-state index contributed by atoms with van der Waals surface area (Å²) in [7, 11) is 0. The molecule has 3 rings (SSSR count). The Kier molecular flexibility index (Phi) is 3.51. The third-order valence-corrected chi connectivity index (χ3v) is 4.09. The van der Waals surface area contributed by atoms with Crippen LogP contribution in [0.15, 0.2) is 53.0 Å². The molecule has 0 bridgehead atoms. The van der Waals surface area contributed by atoms with Crippen molar-refractivity contribution < 1.29 is 14.7 Å².